The maximum Gasteiger partial charge on any atom is 0.399 e. The van der Waals surface area contributed by atoms with Crippen molar-refractivity contribution in [2.24, 2.45) is 5.92 Å². The minimum atomic E-state index is -5.78. The number of halogens is 2. The standard InChI is InChI=1S/C31H32F2N5O7PS/c32-31(33,46(43,44)45)19-8-11-25-17(12-19)13-26(47-25)28(40)36-23-5-2-1-4-20-9-10-24(38(20)29(23)41)30(42)37-15-18(14-34)21(16-37)22-6-3-7-27(39)35-22/h3,6-8,11-13,18,20-21,23-24H,1-2,4-5,9-10,15-16H2,(H,35,39)(H,36,40)(H2,43,44,45)/t18-,20-,21-,23-,24-/m0/s1. The molecule has 3 fully saturated rings. The lowest BCUT2D eigenvalue weighted by molar-refractivity contribution is -0.146. The van der Waals surface area contributed by atoms with Crippen LogP contribution in [0.4, 0.5) is 8.78 Å². The Bertz CT molecular complexity index is 1890. The number of nitrogens with zero attached hydrogens (tertiary/aromatic N) is 3. The van der Waals surface area contributed by atoms with Crippen molar-refractivity contribution in [3.05, 3.63) is 69.0 Å². The number of thiophene rings is 1. The highest BCUT2D eigenvalue weighted by Gasteiger charge is 2.51. The third-order valence-electron chi connectivity index (χ3n) is 9.37. The molecule has 3 saturated heterocycles. The third kappa shape index (κ3) is 6.23. The molecular weight excluding hydrogens is 655 g/mol. The predicted molar refractivity (Wildman–Crippen MR) is 167 cm³/mol. The Morgan fingerprint density at radius 2 is 1.83 bits per heavy atom. The van der Waals surface area contributed by atoms with Gasteiger partial charge in [-0.2, -0.15) is 14.0 Å². The molecule has 0 aliphatic carbocycles. The number of amides is 3. The first-order chi connectivity index (χ1) is 22.3. The topological polar surface area (TPSA) is 184 Å². The maximum atomic E-state index is 14.3. The van der Waals surface area contributed by atoms with Crippen LogP contribution in [0.5, 0.6) is 0 Å². The summed E-state index contributed by atoms with van der Waals surface area (Å²) in [5.41, 5.74) is -5.01. The number of pyridine rings is 1. The molecule has 3 aliphatic rings. The van der Waals surface area contributed by atoms with E-state index in [0.29, 0.717) is 42.5 Å². The van der Waals surface area contributed by atoms with Crippen molar-refractivity contribution in [2.45, 2.75) is 68.2 Å². The summed E-state index contributed by atoms with van der Waals surface area (Å²) in [5.74, 6) is -2.19. The molecule has 16 heteroatoms. The van der Waals surface area contributed by atoms with Gasteiger partial charge in [-0.1, -0.05) is 25.0 Å². The van der Waals surface area contributed by atoms with Crippen LogP contribution in [0.2, 0.25) is 0 Å². The normalized spacial score (nSPS) is 25.3. The van der Waals surface area contributed by atoms with Gasteiger partial charge < -0.3 is 29.9 Å². The smallest absolute Gasteiger partial charge is 0.340 e. The van der Waals surface area contributed by atoms with E-state index in [-0.39, 0.29) is 52.7 Å². The number of nitriles is 1. The van der Waals surface area contributed by atoms with Gasteiger partial charge in [0.15, 0.2) is 0 Å². The van der Waals surface area contributed by atoms with E-state index in [1.54, 1.807) is 21.9 Å². The first-order valence-electron chi connectivity index (χ1n) is 15.3. The van der Waals surface area contributed by atoms with Crippen LogP contribution in [0.1, 0.15) is 65.4 Å². The number of carbonyl (C=O) groups is 3. The van der Waals surface area contributed by atoms with E-state index in [0.717, 1.165) is 29.9 Å². The van der Waals surface area contributed by atoms with Crippen LogP contribution < -0.4 is 10.9 Å². The molecule has 0 saturated carbocycles. The molecular formula is C31H32F2N5O7PS. The molecule has 3 aromatic rings. The average Bonchev–Trinajstić information content (AvgIpc) is 3.76. The van der Waals surface area contributed by atoms with Gasteiger partial charge >= 0.3 is 13.3 Å². The molecule has 5 atom stereocenters. The molecule has 0 radical (unpaired) electrons. The van der Waals surface area contributed by atoms with E-state index in [1.807, 2.05) is 0 Å². The zero-order valence-corrected chi connectivity index (χ0v) is 26.7. The van der Waals surface area contributed by atoms with Crippen molar-refractivity contribution < 1.29 is 37.5 Å². The summed E-state index contributed by atoms with van der Waals surface area (Å²) in [6, 6.07) is 9.48. The van der Waals surface area contributed by atoms with Gasteiger partial charge in [0.1, 0.15) is 12.1 Å². The second kappa shape index (κ2) is 12.6. The molecule has 12 nitrogen and oxygen atoms in total. The Morgan fingerprint density at radius 1 is 1.06 bits per heavy atom. The molecule has 4 N–H and O–H groups in total. The minimum absolute atomic E-state index is 0.127. The summed E-state index contributed by atoms with van der Waals surface area (Å²) in [6.45, 7) is 0.377. The SMILES string of the molecule is N#C[C@H]1CN(C(=O)[C@@H]2CC[C@@H]3CCCC[C@H](NC(=O)c4cc5cc(C(F)(F)P(=O)(O)O)ccc5s4)C(=O)N32)C[C@@H]1c1cccc(=O)[nH]1. The Kier molecular flexibility index (Phi) is 8.82. The number of aromatic nitrogens is 1. The van der Waals surface area contributed by atoms with Crippen molar-refractivity contribution in [2.75, 3.05) is 13.1 Å². The molecule has 5 heterocycles. The fourth-order valence-corrected chi connectivity index (χ4v) is 8.39. The number of rotatable bonds is 6. The highest BCUT2D eigenvalue weighted by atomic mass is 32.1. The lowest BCUT2D eigenvalue weighted by Gasteiger charge is -2.36. The van der Waals surface area contributed by atoms with Crippen molar-refractivity contribution in [3.63, 3.8) is 0 Å². The third-order valence-corrected chi connectivity index (χ3v) is 11.5. The molecule has 3 amide bonds. The van der Waals surface area contributed by atoms with Crippen molar-refractivity contribution >= 4 is 46.7 Å². The minimum Gasteiger partial charge on any atom is -0.340 e. The van der Waals surface area contributed by atoms with Gasteiger partial charge in [-0.15, -0.1) is 11.3 Å². The zero-order valence-electron chi connectivity index (χ0n) is 25.0. The number of nitrogens with one attached hydrogen (secondary N) is 2. The second-order valence-electron chi connectivity index (χ2n) is 12.3. The summed E-state index contributed by atoms with van der Waals surface area (Å²) < 4.78 is 40.4. The average molecular weight is 688 g/mol. The molecule has 1 aromatic carbocycles. The summed E-state index contributed by atoms with van der Waals surface area (Å²) in [5, 5.41) is 12.8. The lowest BCUT2D eigenvalue weighted by Crippen LogP contribution is -2.56. The van der Waals surface area contributed by atoms with Crippen LogP contribution in [-0.4, -0.2) is 73.5 Å². The monoisotopic (exact) mass is 687 g/mol. The van der Waals surface area contributed by atoms with Crippen LogP contribution in [0.25, 0.3) is 10.1 Å². The van der Waals surface area contributed by atoms with E-state index >= 15 is 0 Å². The maximum absolute atomic E-state index is 14.3. The van der Waals surface area contributed by atoms with Gasteiger partial charge in [-0.25, -0.2) is 0 Å². The number of benzene rings is 1. The van der Waals surface area contributed by atoms with Gasteiger partial charge in [-0.3, -0.25) is 23.7 Å². The fourth-order valence-electron chi connectivity index (χ4n) is 6.97. The summed E-state index contributed by atoms with van der Waals surface area (Å²) in [4.78, 5) is 77.5. The van der Waals surface area contributed by atoms with Crippen LogP contribution in [-0.2, 0) is 19.8 Å². The number of carbonyl (C=O) groups excluding carboxylic acids is 3. The van der Waals surface area contributed by atoms with Crippen LogP contribution in [0, 0.1) is 17.2 Å². The number of likely N-dealkylation sites (tertiary alicyclic amines) is 1. The number of aromatic amines is 1. The van der Waals surface area contributed by atoms with Crippen molar-refractivity contribution in [1.82, 2.24) is 20.1 Å². The van der Waals surface area contributed by atoms with Crippen molar-refractivity contribution in [3.8, 4) is 6.07 Å². The van der Waals surface area contributed by atoms with E-state index in [4.69, 9.17) is 9.79 Å². The van der Waals surface area contributed by atoms with Crippen LogP contribution >= 0.6 is 18.9 Å². The summed E-state index contributed by atoms with van der Waals surface area (Å²) in [6.07, 6.45) is 3.55. The number of H-pyrrole nitrogens is 1. The zero-order chi connectivity index (χ0) is 33.7. The molecule has 0 unspecified atom stereocenters. The summed E-state index contributed by atoms with van der Waals surface area (Å²) in [7, 11) is -5.78. The van der Waals surface area contributed by atoms with Crippen LogP contribution in [0.15, 0.2) is 47.3 Å². The Morgan fingerprint density at radius 3 is 2.55 bits per heavy atom. The van der Waals surface area contributed by atoms with Gasteiger partial charge in [0, 0.05) is 47.1 Å². The van der Waals surface area contributed by atoms with E-state index in [2.05, 4.69) is 16.4 Å². The number of fused-ring (bicyclic) bond motifs is 2. The molecule has 47 heavy (non-hydrogen) atoms. The van der Waals surface area contributed by atoms with Crippen molar-refractivity contribution in [1.29, 1.82) is 5.26 Å². The number of hydrogen-bond donors (Lipinski definition) is 4. The highest BCUT2D eigenvalue weighted by Crippen LogP contribution is 2.59. The van der Waals surface area contributed by atoms with Gasteiger partial charge in [0.2, 0.25) is 17.4 Å². The van der Waals surface area contributed by atoms with E-state index < -0.39 is 42.7 Å². The molecule has 0 spiro atoms. The molecule has 2 aromatic heterocycles. The molecule has 248 valence electrons. The Hall–Kier alpha value is -3.96. The number of hydrogen-bond acceptors (Lipinski definition) is 7. The van der Waals surface area contributed by atoms with E-state index in [9.17, 15) is 37.8 Å². The first kappa shape index (κ1) is 33.0. The highest BCUT2D eigenvalue weighted by molar-refractivity contribution is 7.52. The molecule has 0 bridgehead atoms. The van der Waals surface area contributed by atoms with Crippen LogP contribution in [0.3, 0.4) is 0 Å². The largest absolute Gasteiger partial charge is 0.399 e. The fraction of sp³-hybridized carbons (Fsp3) is 0.452. The Labute approximate surface area is 271 Å². The predicted octanol–water partition coefficient (Wildman–Crippen LogP) is 3.61. The Balaban J connectivity index is 1.19. The quantitative estimate of drug-likeness (QED) is 0.283. The molecule has 3 aliphatic heterocycles. The van der Waals surface area contributed by atoms with Gasteiger partial charge in [-0.05, 0) is 55.3 Å². The number of alkyl halides is 2. The van der Waals surface area contributed by atoms with Gasteiger partial charge in [0.25, 0.3) is 5.91 Å². The first-order valence-corrected chi connectivity index (χ1v) is 17.7. The van der Waals surface area contributed by atoms with E-state index in [1.165, 1.54) is 18.2 Å². The molecule has 6 rings (SSSR count). The van der Waals surface area contributed by atoms with Gasteiger partial charge in [0.05, 0.1) is 16.9 Å². The lowest BCUT2D eigenvalue weighted by atomic mass is 9.94. The second-order valence-corrected chi connectivity index (χ2v) is 15.0. The summed E-state index contributed by atoms with van der Waals surface area (Å²) >= 11 is 0.989.